The maximum Gasteiger partial charge on any atom is 0.261 e. The van der Waals surface area contributed by atoms with E-state index in [-0.39, 0.29) is 23.3 Å². The number of hydrogen-bond donors (Lipinski definition) is 0. The molecule has 2 heterocycles. The zero-order valence-electron chi connectivity index (χ0n) is 18.7. The topological polar surface area (TPSA) is 74.8 Å². The van der Waals surface area contributed by atoms with Gasteiger partial charge in [-0.3, -0.25) is 29.0 Å². The quantitative estimate of drug-likeness (QED) is 0.629. The number of benzene rings is 2. The Morgan fingerprint density at radius 3 is 1.45 bits per heavy atom. The van der Waals surface area contributed by atoms with Gasteiger partial charge in [0.1, 0.15) is 0 Å². The van der Waals surface area contributed by atoms with Crippen molar-refractivity contribution < 1.29 is 19.2 Å². The molecule has 1 saturated carbocycles. The third kappa shape index (κ3) is 2.99. The van der Waals surface area contributed by atoms with Gasteiger partial charge in [0.2, 0.25) is 0 Å². The molecule has 0 radical (unpaired) electrons. The van der Waals surface area contributed by atoms with E-state index >= 15 is 0 Å². The second-order valence-corrected chi connectivity index (χ2v) is 9.12. The van der Waals surface area contributed by atoms with E-state index in [4.69, 9.17) is 0 Å². The summed E-state index contributed by atoms with van der Waals surface area (Å²) in [5.41, 5.74) is 1.74. The summed E-state index contributed by atoms with van der Waals surface area (Å²) < 4.78 is 0. The van der Waals surface area contributed by atoms with Crippen molar-refractivity contribution in [2.24, 2.45) is 5.41 Å². The lowest BCUT2D eigenvalue weighted by atomic mass is 9.74. The molecule has 0 atom stereocenters. The molecule has 0 bridgehead atoms. The van der Waals surface area contributed by atoms with Crippen LogP contribution in [0.4, 0.5) is 0 Å². The van der Waals surface area contributed by atoms with Crippen molar-refractivity contribution in [3.63, 3.8) is 0 Å². The molecule has 1 aliphatic carbocycles. The van der Waals surface area contributed by atoms with Crippen LogP contribution >= 0.6 is 0 Å². The minimum Gasteiger partial charge on any atom is -0.277 e. The highest BCUT2D eigenvalue weighted by Gasteiger charge is 2.42. The molecule has 4 amide bonds. The Labute approximate surface area is 182 Å². The highest BCUT2D eigenvalue weighted by atomic mass is 16.2. The number of hydrogen-bond acceptors (Lipinski definition) is 4. The van der Waals surface area contributed by atoms with Crippen molar-refractivity contribution in [1.29, 1.82) is 0 Å². The number of carbonyl (C=O) groups excluding carboxylic acids is 4. The Balaban J connectivity index is 0.00000112. The van der Waals surface area contributed by atoms with Crippen molar-refractivity contribution in [3.05, 3.63) is 46.5 Å². The molecule has 0 spiro atoms. The third-order valence-electron chi connectivity index (χ3n) is 6.80. The standard InChI is InChI=1S/C23H22N2O4.C2H6/c1-23(2)10-8-12(9-11-23)25-21(28)15-6-4-13-17-14(20(27)24(3)19(13)26)5-7-16(18(15)17)22(25)29;1-2/h4-7,12H,8-11H2,1-3H3;1-2H3. The van der Waals surface area contributed by atoms with Crippen molar-refractivity contribution >= 4 is 34.4 Å². The second-order valence-electron chi connectivity index (χ2n) is 9.12. The maximum absolute atomic E-state index is 13.4. The Morgan fingerprint density at radius 2 is 1.06 bits per heavy atom. The van der Waals surface area contributed by atoms with Gasteiger partial charge in [0, 0.05) is 46.1 Å². The van der Waals surface area contributed by atoms with E-state index in [0.29, 0.717) is 33.0 Å². The van der Waals surface area contributed by atoms with Crippen LogP contribution in [0.3, 0.4) is 0 Å². The Bertz CT molecular complexity index is 1070. The van der Waals surface area contributed by atoms with Gasteiger partial charge >= 0.3 is 0 Å². The van der Waals surface area contributed by atoms with Gasteiger partial charge in [0.05, 0.1) is 0 Å². The van der Waals surface area contributed by atoms with Crippen LogP contribution in [-0.4, -0.2) is 46.5 Å². The second kappa shape index (κ2) is 7.29. The molecule has 6 heteroatoms. The maximum atomic E-state index is 13.4. The molecule has 0 aromatic heterocycles. The van der Waals surface area contributed by atoms with Gasteiger partial charge in [-0.1, -0.05) is 27.7 Å². The van der Waals surface area contributed by atoms with Crippen molar-refractivity contribution in [1.82, 2.24) is 9.80 Å². The summed E-state index contributed by atoms with van der Waals surface area (Å²) in [5, 5.41) is 0.872. The monoisotopic (exact) mass is 420 g/mol. The fourth-order valence-electron chi connectivity index (χ4n) is 4.99. The summed E-state index contributed by atoms with van der Waals surface area (Å²) in [6.07, 6.45) is 3.51. The SMILES string of the molecule is CC.CN1C(=O)c2ccc3c4c(ccc(c24)C1=O)C(=O)N(C1CCC(C)(C)CC1)C3=O. The molecule has 2 aromatic rings. The van der Waals surface area contributed by atoms with Crippen molar-refractivity contribution in [2.45, 2.75) is 59.4 Å². The first-order valence-corrected chi connectivity index (χ1v) is 11.0. The Hall–Kier alpha value is -3.02. The first-order valence-electron chi connectivity index (χ1n) is 11.0. The molecule has 3 aliphatic rings. The number of nitrogens with zero attached hydrogens (tertiary/aromatic N) is 2. The van der Waals surface area contributed by atoms with E-state index in [2.05, 4.69) is 13.8 Å². The predicted molar refractivity (Wildman–Crippen MR) is 118 cm³/mol. The van der Waals surface area contributed by atoms with Crippen molar-refractivity contribution in [2.75, 3.05) is 7.05 Å². The van der Waals surface area contributed by atoms with Gasteiger partial charge in [-0.05, 0) is 55.4 Å². The summed E-state index contributed by atoms with van der Waals surface area (Å²) in [6, 6.07) is 6.34. The third-order valence-corrected chi connectivity index (χ3v) is 6.80. The fourth-order valence-corrected chi connectivity index (χ4v) is 4.99. The molecular formula is C25H28N2O4. The number of rotatable bonds is 1. The van der Waals surface area contributed by atoms with Gasteiger partial charge in [-0.2, -0.15) is 0 Å². The van der Waals surface area contributed by atoms with Crippen LogP contribution in [-0.2, 0) is 0 Å². The zero-order valence-corrected chi connectivity index (χ0v) is 18.7. The zero-order chi connectivity index (χ0) is 22.7. The van der Waals surface area contributed by atoms with E-state index in [1.165, 1.54) is 11.9 Å². The van der Waals surface area contributed by atoms with Crippen LogP contribution in [0.15, 0.2) is 24.3 Å². The molecule has 0 N–H and O–H groups in total. The fraction of sp³-hybridized carbons (Fsp3) is 0.440. The summed E-state index contributed by atoms with van der Waals surface area (Å²) in [5.74, 6) is -1.48. The van der Waals surface area contributed by atoms with Crippen molar-refractivity contribution in [3.8, 4) is 0 Å². The van der Waals surface area contributed by atoms with Gasteiger partial charge in [-0.25, -0.2) is 0 Å². The number of amides is 4. The molecule has 162 valence electrons. The highest BCUT2D eigenvalue weighted by Crippen LogP contribution is 2.41. The van der Waals surface area contributed by atoms with Crippen LogP contribution in [0, 0.1) is 5.41 Å². The summed E-state index contributed by atoms with van der Waals surface area (Å²) in [4.78, 5) is 54.4. The lowest BCUT2D eigenvalue weighted by molar-refractivity contribution is 0.0448. The molecule has 0 unspecified atom stereocenters. The van der Waals surface area contributed by atoms with Crippen LogP contribution in [0.25, 0.3) is 10.8 Å². The number of carbonyl (C=O) groups is 4. The van der Waals surface area contributed by atoms with Gasteiger partial charge in [-0.15, -0.1) is 0 Å². The number of imide groups is 2. The van der Waals surface area contributed by atoms with E-state index in [0.717, 1.165) is 30.6 Å². The lowest BCUT2D eigenvalue weighted by Crippen LogP contribution is -2.49. The molecule has 5 rings (SSSR count). The van der Waals surface area contributed by atoms with Gasteiger partial charge in [0.15, 0.2) is 0 Å². The van der Waals surface area contributed by atoms with Crippen LogP contribution in [0.1, 0.15) is 94.8 Å². The molecule has 6 nitrogen and oxygen atoms in total. The van der Waals surface area contributed by atoms with E-state index in [1.807, 2.05) is 13.8 Å². The smallest absolute Gasteiger partial charge is 0.261 e. The van der Waals surface area contributed by atoms with Crippen LogP contribution in [0.5, 0.6) is 0 Å². The predicted octanol–water partition coefficient (Wildman–Crippen LogP) is 4.66. The summed E-state index contributed by atoms with van der Waals surface area (Å²) in [7, 11) is 1.44. The average molecular weight is 421 g/mol. The largest absolute Gasteiger partial charge is 0.277 e. The summed E-state index contributed by atoms with van der Waals surface area (Å²) in [6.45, 7) is 8.43. The summed E-state index contributed by atoms with van der Waals surface area (Å²) >= 11 is 0. The van der Waals surface area contributed by atoms with Gasteiger partial charge in [0.25, 0.3) is 23.6 Å². The highest BCUT2D eigenvalue weighted by molar-refractivity contribution is 6.33. The lowest BCUT2D eigenvalue weighted by Gasteiger charge is -2.41. The van der Waals surface area contributed by atoms with E-state index in [1.54, 1.807) is 24.3 Å². The average Bonchev–Trinajstić information content (AvgIpc) is 2.77. The Kier molecular flexibility index (Phi) is 4.99. The molecule has 31 heavy (non-hydrogen) atoms. The molecule has 0 saturated heterocycles. The molecule has 1 fully saturated rings. The molecular weight excluding hydrogens is 392 g/mol. The first kappa shape index (κ1) is 21.2. The Morgan fingerprint density at radius 1 is 0.710 bits per heavy atom. The molecule has 2 aromatic carbocycles. The van der Waals surface area contributed by atoms with Crippen LogP contribution in [0.2, 0.25) is 0 Å². The van der Waals surface area contributed by atoms with Crippen LogP contribution < -0.4 is 0 Å². The minimum atomic E-state index is -0.414. The van der Waals surface area contributed by atoms with E-state index in [9.17, 15) is 19.2 Å². The first-order chi connectivity index (χ1) is 14.7. The normalized spacial score (nSPS) is 20.2. The minimum absolute atomic E-state index is 0.118. The molecule has 2 aliphatic heterocycles. The van der Waals surface area contributed by atoms with Gasteiger partial charge < -0.3 is 0 Å². The van der Waals surface area contributed by atoms with E-state index < -0.39 is 11.8 Å².